The van der Waals surface area contributed by atoms with E-state index in [-0.39, 0.29) is 12.0 Å². The Morgan fingerprint density at radius 2 is 1.28 bits per heavy atom. The average molecular weight is 342 g/mol. The van der Waals surface area contributed by atoms with E-state index < -0.39 is 0 Å². The Balaban J connectivity index is 0.000000170. The van der Waals surface area contributed by atoms with Crippen LogP contribution >= 0.6 is 0 Å². The molecule has 0 aliphatic carbocycles. The maximum atomic E-state index is 9.69. The quantitative estimate of drug-likeness (QED) is 0.786. The third-order valence-electron chi connectivity index (χ3n) is 4.55. The van der Waals surface area contributed by atoms with Crippen LogP contribution in [0.3, 0.4) is 0 Å². The van der Waals surface area contributed by atoms with Crippen LogP contribution in [0.25, 0.3) is 0 Å². The van der Waals surface area contributed by atoms with E-state index in [2.05, 4.69) is 31.2 Å². The fraction of sp³-hybridized carbons (Fsp3) is 0.429. The van der Waals surface area contributed by atoms with E-state index in [4.69, 9.17) is 14.2 Å². The Morgan fingerprint density at radius 3 is 1.60 bits per heavy atom. The highest BCUT2D eigenvalue weighted by Gasteiger charge is 2.27. The zero-order chi connectivity index (χ0) is 17.5. The van der Waals surface area contributed by atoms with E-state index in [1.165, 1.54) is 0 Å². The zero-order valence-electron chi connectivity index (χ0n) is 14.6. The van der Waals surface area contributed by atoms with Crippen molar-refractivity contribution in [3.63, 3.8) is 0 Å². The Morgan fingerprint density at radius 1 is 0.880 bits per heavy atom. The van der Waals surface area contributed by atoms with E-state index in [1.807, 2.05) is 36.4 Å². The lowest BCUT2D eigenvalue weighted by Gasteiger charge is -2.28. The van der Waals surface area contributed by atoms with Crippen LogP contribution in [0.15, 0.2) is 60.7 Å². The lowest BCUT2D eigenvalue weighted by molar-refractivity contribution is 0.102. The molecule has 0 bridgehead atoms. The number of hydrogen-bond acceptors (Lipinski definition) is 4. The molecule has 4 heteroatoms. The largest absolute Gasteiger partial charge is 0.395 e. The highest BCUT2D eigenvalue weighted by Crippen LogP contribution is 2.30. The molecule has 2 aliphatic rings. The summed E-state index contributed by atoms with van der Waals surface area (Å²) in [7, 11) is 0. The molecule has 2 aromatic carbocycles. The Bertz CT molecular complexity index is 569. The van der Waals surface area contributed by atoms with Crippen LogP contribution in [0.5, 0.6) is 0 Å². The van der Waals surface area contributed by atoms with Gasteiger partial charge in [0.15, 0.2) is 0 Å². The smallest absolute Gasteiger partial charge is 0.104 e. The SMILES string of the molecule is C(OCC1CO1)C1CO1.CC(CO)(c1ccccc1)c1ccccc1. The van der Waals surface area contributed by atoms with Crippen LogP contribution in [-0.4, -0.2) is 50.3 Å². The number of epoxide rings is 2. The van der Waals surface area contributed by atoms with Gasteiger partial charge in [0.2, 0.25) is 0 Å². The van der Waals surface area contributed by atoms with Crippen LogP contribution in [-0.2, 0) is 19.6 Å². The van der Waals surface area contributed by atoms with Gasteiger partial charge in [-0.05, 0) is 18.1 Å². The summed E-state index contributed by atoms with van der Waals surface area (Å²) in [5, 5.41) is 9.69. The first-order chi connectivity index (χ1) is 12.2. The van der Waals surface area contributed by atoms with E-state index in [9.17, 15) is 5.11 Å². The molecule has 134 valence electrons. The molecule has 2 fully saturated rings. The third kappa shape index (κ3) is 5.38. The number of rotatable bonds is 7. The predicted molar refractivity (Wildman–Crippen MR) is 96.7 cm³/mol. The van der Waals surface area contributed by atoms with Gasteiger partial charge in [-0.1, -0.05) is 60.7 Å². The summed E-state index contributed by atoms with van der Waals surface area (Å²) in [6.07, 6.45) is 0.785. The second-order valence-corrected chi connectivity index (χ2v) is 6.67. The second-order valence-electron chi connectivity index (χ2n) is 6.67. The van der Waals surface area contributed by atoms with Crippen molar-refractivity contribution in [1.82, 2.24) is 0 Å². The van der Waals surface area contributed by atoms with E-state index in [0.717, 1.165) is 37.6 Å². The second kappa shape index (κ2) is 8.59. The molecule has 2 unspecified atom stereocenters. The minimum Gasteiger partial charge on any atom is -0.395 e. The molecule has 4 nitrogen and oxygen atoms in total. The van der Waals surface area contributed by atoms with E-state index >= 15 is 0 Å². The van der Waals surface area contributed by atoms with Gasteiger partial charge in [0.25, 0.3) is 0 Å². The fourth-order valence-electron chi connectivity index (χ4n) is 2.62. The van der Waals surface area contributed by atoms with Crippen molar-refractivity contribution < 1.29 is 19.3 Å². The van der Waals surface area contributed by atoms with E-state index in [1.54, 1.807) is 0 Å². The normalized spacial score (nSPS) is 21.2. The maximum Gasteiger partial charge on any atom is 0.104 e. The van der Waals surface area contributed by atoms with Crippen molar-refractivity contribution in [2.75, 3.05) is 33.0 Å². The number of benzene rings is 2. The first kappa shape index (κ1) is 18.1. The van der Waals surface area contributed by atoms with Crippen molar-refractivity contribution >= 4 is 0 Å². The molecule has 1 N–H and O–H groups in total. The molecule has 2 atom stereocenters. The van der Waals surface area contributed by atoms with Crippen LogP contribution in [0, 0.1) is 0 Å². The molecule has 0 radical (unpaired) electrons. The summed E-state index contributed by atoms with van der Waals surface area (Å²) in [5.74, 6) is 0. The fourth-order valence-corrected chi connectivity index (χ4v) is 2.62. The van der Waals surface area contributed by atoms with Gasteiger partial charge in [-0.2, -0.15) is 0 Å². The van der Waals surface area contributed by atoms with Crippen LogP contribution < -0.4 is 0 Å². The van der Waals surface area contributed by atoms with E-state index in [0.29, 0.717) is 12.2 Å². The Kier molecular flexibility index (Phi) is 6.21. The zero-order valence-corrected chi connectivity index (χ0v) is 14.6. The molecular formula is C21H26O4. The average Bonchev–Trinajstić information content (AvgIpc) is 3.59. The summed E-state index contributed by atoms with van der Waals surface area (Å²) in [4.78, 5) is 0. The summed E-state index contributed by atoms with van der Waals surface area (Å²) in [5.41, 5.74) is 1.97. The molecule has 2 heterocycles. The van der Waals surface area contributed by atoms with Crippen LogP contribution in [0.4, 0.5) is 0 Å². The molecule has 0 amide bonds. The number of hydrogen-bond donors (Lipinski definition) is 1. The Hall–Kier alpha value is -1.72. The van der Waals surface area contributed by atoms with Crippen LogP contribution in [0.1, 0.15) is 18.1 Å². The highest BCUT2D eigenvalue weighted by molar-refractivity contribution is 5.38. The van der Waals surface area contributed by atoms with Crippen molar-refractivity contribution in [3.05, 3.63) is 71.8 Å². The minimum atomic E-state index is -0.317. The van der Waals surface area contributed by atoms with Crippen LogP contribution in [0.2, 0.25) is 0 Å². The summed E-state index contributed by atoms with van der Waals surface area (Å²) in [6.45, 7) is 5.44. The van der Waals surface area contributed by atoms with Crippen molar-refractivity contribution in [2.45, 2.75) is 24.5 Å². The number of ether oxygens (including phenoxy) is 3. The number of aliphatic hydroxyl groups is 1. The lowest BCUT2D eigenvalue weighted by Crippen LogP contribution is -2.27. The summed E-state index contributed by atoms with van der Waals surface area (Å²) in [6, 6.07) is 20.2. The first-order valence-electron chi connectivity index (χ1n) is 8.75. The van der Waals surface area contributed by atoms with Gasteiger partial charge in [0.05, 0.1) is 33.0 Å². The lowest BCUT2D eigenvalue weighted by atomic mass is 9.77. The number of aliphatic hydroxyl groups excluding tert-OH is 1. The van der Waals surface area contributed by atoms with Gasteiger partial charge in [0.1, 0.15) is 12.2 Å². The predicted octanol–water partition coefficient (Wildman–Crippen LogP) is 2.79. The summed E-state index contributed by atoms with van der Waals surface area (Å²) >= 11 is 0. The van der Waals surface area contributed by atoms with Gasteiger partial charge in [-0.3, -0.25) is 0 Å². The molecule has 25 heavy (non-hydrogen) atoms. The van der Waals surface area contributed by atoms with Gasteiger partial charge >= 0.3 is 0 Å². The topological polar surface area (TPSA) is 54.5 Å². The molecule has 0 spiro atoms. The standard InChI is InChI=1S/C15H16O.C6H10O3/c1-15(12-16,13-8-4-2-5-9-13)14-10-6-3-7-11-14;1(5-3-8-5)7-2-6-4-9-6/h2-11,16H,12H2,1H3;5-6H,1-4H2. The Labute approximate surface area is 149 Å². The molecular weight excluding hydrogens is 316 g/mol. The third-order valence-corrected chi connectivity index (χ3v) is 4.55. The van der Waals surface area contributed by atoms with Crippen molar-refractivity contribution in [3.8, 4) is 0 Å². The monoisotopic (exact) mass is 342 g/mol. The maximum absolute atomic E-state index is 9.69. The highest BCUT2D eigenvalue weighted by atomic mass is 16.6. The van der Waals surface area contributed by atoms with Crippen molar-refractivity contribution in [1.29, 1.82) is 0 Å². The molecule has 0 saturated carbocycles. The van der Waals surface area contributed by atoms with Gasteiger partial charge < -0.3 is 19.3 Å². The molecule has 2 aromatic rings. The first-order valence-corrected chi connectivity index (χ1v) is 8.75. The molecule has 0 aromatic heterocycles. The van der Waals surface area contributed by atoms with Gasteiger partial charge in [-0.25, -0.2) is 0 Å². The minimum absolute atomic E-state index is 0.112. The molecule has 2 saturated heterocycles. The van der Waals surface area contributed by atoms with Crippen molar-refractivity contribution in [2.24, 2.45) is 0 Å². The van der Waals surface area contributed by atoms with Gasteiger partial charge in [-0.15, -0.1) is 0 Å². The van der Waals surface area contributed by atoms with Gasteiger partial charge in [0, 0.05) is 5.41 Å². The summed E-state index contributed by atoms with van der Waals surface area (Å²) < 4.78 is 15.1. The molecule has 4 rings (SSSR count). The molecule has 2 aliphatic heterocycles.